The van der Waals surface area contributed by atoms with E-state index in [2.05, 4.69) is 10.7 Å². The van der Waals surface area contributed by atoms with Gasteiger partial charge in [0.2, 0.25) is 0 Å². The fourth-order valence-electron chi connectivity index (χ4n) is 1.31. The van der Waals surface area contributed by atoms with Gasteiger partial charge < -0.3 is 10.1 Å². The zero-order valence-electron chi connectivity index (χ0n) is 9.02. The normalized spacial score (nSPS) is 10.5. The Morgan fingerprint density at radius 3 is 2.69 bits per heavy atom. The Kier molecular flexibility index (Phi) is 5.87. The van der Waals surface area contributed by atoms with Crippen LogP contribution in [0.4, 0.5) is 0 Å². The summed E-state index contributed by atoms with van der Waals surface area (Å²) in [5.41, 5.74) is 3.49. The molecule has 4 nitrogen and oxygen atoms in total. The predicted octanol–water partition coefficient (Wildman–Crippen LogP) is 1.55. The number of rotatable bonds is 6. The van der Waals surface area contributed by atoms with Crippen molar-refractivity contribution in [2.75, 3.05) is 20.3 Å². The second kappa shape index (κ2) is 6.93. The zero-order valence-corrected chi connectivity index (χ0v) is 10.5. The van der Waals surface area contributed by atoms with Gasteiger partial charge in [0.25, 0.3) is 0 Å². The smallest absolute Gasteiger partial charge is 0.138 e. The van der Waals surface area contributed by atoms with Crippen LogP contribution in [-0.4, -0.2) is 20.3 Å². The molecule has 4 N–H and O–H groups in total. The first-order valence-electron chi connectivity index (χ1n) is 4.85. The average molecular weight is 264 g/mol. The first-order chi connectivity index (χ1) is 7.70. The third kappa shape index (κ3) is 3.50. The molecule has 0 aliphatic heterocycles. The third-order valence-electron chi connectivity index (χ3n) is 2.14. The van der Waals surface area contributed by atoms with E-state index in [1.807, 2.05) is 12.1 Å². The van der Waals surface area contributed by atoms with Crippen molar-refractivity contribution >= 4 is 23.2 Å². The van der Waals surface area contributed by atoms with Gasteiger partial charge in [-0.2, -0.15) is 0 Å². The molecular weight excluding hydrogens is 249 g/mol. The minimum absolute atomic E-state index is 0.457. The van der Waals surface area contributed by atoms with Crippen LogP contribution in [0.15, 0.2) is 12.1 Å². The Hall–Kier alpha value is -0.520. The quantitative estimate of drug-likeness (QED) is 0.316. The van der Waals surface area contributed by atoms with Gasteiger partial charge in [0.05, 0.1) is 18.8 Å². The number of nitrogens with one attached hydrogen (secondary N) is 2. The highest BCUT2D eigenvalue weighted by Crippen LogP contribution is 2.34. The molecule has 0 heterocycles. The highest BCUT2D eigenvalue weighted by Gasteiger charge is 2.09. The Morgan fingerprint density at radius 1 is 1.31 bits per heavy atom. The van der Waals surface area contributed by atoms with Crippen LogP contribution in [-0.2, 0) is 6.42 Å². The number of nitrogens with two attached hydrogens (primary N) is 1. The monoisotopic (exact) mass is 263 g/mol. The molecule has 0 aliphatic carbocycles. The van der Waals surface area contributed by atoms with E-state index in [9.17, 15) is 0 Å². The molecule has 1 rings (SSSR count). The van der Waals surface area contributed by atoms with Crippen molar-refractivity contribution < 1.29 is 4.74 Å². The van der Waals surface area contributed by atoms with Crippen molar-refractivity contribution in [1.29, 1.82) is 0 Å². The van der Waals surface area contributed by atoms with Crippen molar-refractivity contribution in [2.24, 2.45) is 5.84 Å². The van der Waals surface area contributed by atoms with E-state index in [-0.39, 0.29) is 0 Å². The minimum Gasteiger partial charge on any atom is -0.495 e. The standard InChI is InChI=1S/C10H15Cl2N3O/c1-16-8-3-2-7(9(11)10(8)12)4-5-14-6-15-13/h2-3,14-15H,4-6,13H2,1H3. The maximum atomic E-state index is 6.11. The summed E-state index contributed by atoms with van der Waals surface area (Å²) >= 11 is 12.1. The average Bonchev–Trinajstić information content (AvgIpc) is 2.30. The highest BCUT2D eigenvalue weighted by molar-refractivity contribution is 6.43. The molecule has 0 saturated heterocycles. The number of hydrogen-bond donors (Lipinski definition) is 3. The number of methoxy groups -OCH3 is 1. The number of hydrogen-bond acceptors (Lipinski definition) is 4. The summed E-state index contributed by atoms with van der Waals surface area (Å²) < 4.78 is 5.07. The van der Waals surface area contributed by atoms with E-state index in [1.165, 1.54) is 0 Å². The molecule has 0 fully saturated rings. The predicted molar refractivity (Wildman–Crippen MR) is 66.9 cm³/mol. The number of ether oxygens (including phenoxy) is 1. The van der Waals surface area contributed by atoms with Crippen molar-refractivity contribution in [3.63, 3.8) is 0 Å². The van der Waals surface area contributed by atoms with E-state index in [0.717, 1.165) is 18.5 Å². The van der Waals surface area contributed by atoms with Crippen LogP contribution in [0.2, 0.25) is 10.0 Å². The third-order valence-corrected chi connectivity index (χ3v) is 3.05. The van der Waals surface area contributed by atoms with E-state index in [1.54, 1.807) is 7.11 Å². The Balaban J connectivity index is 2.64. The molecule has 0 bridgehead atoms. The summed E-state index contributed by atoms with van der Waals surface area (Å²) in [7, 11) is 1.56. The topological polar surface area (TPSA) is 59.3 Å². The molecule has 0 aliphatic rings. The maximum Gasteiger partial charge on any atom is 0.138 e. The number of hydrazine groups is 1. The van der Waals surface area contributed by atoms with Gasteiger partial charge in [-0.25, -0.2) is 5.43 Å². The molecule has 0 atom stereocenters. The van der Waals surface area contributed by atoms with Crippen molar-refractivity contribution in [1.82, 2.24) is 10.7 Å². The molecule has 0 amide bonds. The molecule has 0 saturated carbocycles. The van der Waals surface area contributed by atoms with Gasteiger partial charge in [0.15, 0.2) is 0 Å². The summed E-state index contributed by atoms with van der Waals surface area (Å²) in [6, 6.07) is 3.72. The Labute approximate surface area is 105 Å². The maximum absolute atomic E-state index is 6.11. The summed E-state index contributed by atoms with van der Waals surface area (Å²) in [5, 5.41) is 4.09. The summed E-state index contributed by atoms with van der Waals surface area (Å²) in [6.07, 6.45) is 0.782. The summed E-state index contributed by atoms with van der Waals surface area (Å²) in [5.74, 6) is 5.71. The molecule has 6 heteroatoms. The molecule has 1 aromatic carbocycles. The number of benzene rings is 1. The summed E-state index contributed by atoms with van der Waals surface area (Å²) in [6.45, 7) is 1.33. The first-order valence-corrected chi connectivity index (χ1v) is 5.61. The van der Waals surface area contributed by atoms with Crippen LogP contribution in [0.3, 0.4) is 0 Å². The van der Waals surface area contributed by atoms with Gasteiger partial charge in [0, 0.05) is 6.54 Å². The largest absolute Gasteiger partial charge is 0.495 e. The van der Waals surface area contributed by atoms with E-state index in [0.29, 0.717) is 22.5 Å². The van der Waals surface area contributed by atoms with Gasteiger partial charge in [-0.3, -0.25) is 5.84 Å². The fraction of sp³-hybridized carbons (Fsp3) is 0.400. The summed E-state index contributed by atoms with van der Waals surface area (Å²) in [4.78, 5) is 0. The molecule has 16 heavy (non-hydrogen) atoms. The molecule has 0 unspecified atom stereocenters. The van der Waals surface area contributed by atoms with Gasteiger partial charge in [-0.1, -0.05) is 29.3 Å². The highest BCUT2D eigenvalue weighted by atomic mass is 35.5. The number of halogens is 2. The molecule has 90 valence electrons. The van der Waals surface area contributed by atoms with Crippen LogP contribution in [0.5, 0.6) is 5.75 Å². The lowest BCUT2D eigenvalue weighted by molar-refractivity contribution is 0.415. The van der Waals surface area contributed by atoms with E-state index in [4.69, 9.17) is 33.8 Å². The van der Waals surface area contributed by atoms with Crippen molar-refractivity contribution in [3.8, 4) is 5.75 Å². The lowest BCUT2D eigenvalue weighted by Gasteiger charge is -2.10. The van der Waals surface area contributed by atoms with Crippen LogP contribution in [0.25, 0.3) is 0 Å². The lowest BCUT2D eigenvalue weighted by Crippen LogP contribution is -2.34. The first kappa shape index (κ1) is 13.5. The Bertz CT molecular complexity index is 347. The minimum atomic E-state index is 0.457. The van der Waals surface area contributed by atoms with Gasteiger partial charge in [0.1, 0.15) is 10.8 Å². The molecule has 0 aromatic heterocycles. The lowest BCUT2D eigenvalue weighted by atomic mass is 10.1. The molecule has 0 spiro atoms. The van der Waals surface area contributed by atoms with Crippen molar-refractivity contribution in [3.05, 3.63) is 27.7 Å². The van der Waals surface area contributed by atoms with E-state index < -0.39 is 0 Å². The van der Waals surface area contributed by atoms with Gasteiger partial charge in [-0.15, -0.1) is 0 Å². The van der Waals surface area contributed by atoms with Crippen LogP contribution >= 0.6 is 23.2 Å². The van der Waals surface area contributed by atoms with Gasteiger partial charge >= 0.3 is 0 Å². The van der Waals surface area contributed by atoms with Crippen LogP contribution in [0.1, 0.15) is 5.56 Å². The second-order valence-corrected chi connectivity index (χ2v) is 3.94. The zero-order chi connectivity index (χ0) is 12.0. The molecule has 0 radical (unpaired) electrons. The van der Waals surface area contributed by atoms with Gasteiger partial charge in [-0.05, 0) is 18.1 Å². The molecule has 1 aromatic rings. The van der Waals surface area contributed by atoms with E-state index >= 15 is 0 Å². The fourth-order valence-corrected chi connectivity index (χ4v) is 1.82. The SMILES string of the molecule is COc1ccc(CCNCNN)c(Cl)c1Cl. The second-order valence-electron chi connectivity index (χ2n) is 3.19. The Morgan fingerprint density at radius 2 is 2.06 bits per heavy atom. The van der Waals surface area contributed by atoms with Crippen LogP contribution < -0.4 is 21.3 Å². The van der Waals surface area contributed by atoms with Crippen LogP contribution in [0, 0.1) is 0 Å². The van der Waals surface area contributed by atoms with Crippen molar-refractivity contribution in [2.45, 2.75) is 6.42 Å². The molecular formula is C10H15Cl2N3O.